The van der Waals surface area contributed by atoms with Gasteiger partial charge in [-0.15, -0.1) is 0 Å². The SMILES string of the molecule is C=CC(=O)O.C=CC(=O)O.C=CC(=O)O.C=CC(=O)O.CC(C)(O)O. The summed E-state index contributed by atoms with van der Waals surface area (Å²) in [5.74, 6) is -5.43. The fraction of sp³-hybridized carbons (Fsp3) is 0.200. The van der Waals surface area contributed by atoms with Crippen LogP contribution < -0.4 is 0 Å². The molecule has 10 nitrogen and oxygen atoms in total. The van der Waals surface area contributed by atoms with Crippen molar-refractivity contribution in [3.63, 3.8) is 0 Å². The number of carboxylic acid groups (broad SMARTS) is 4. The second-order valence-corrected chi connectivity index (χ2v) is 3.66. The van der Waals surface area contributed by atoms with Gasteiger partial charge in [0.25, 0.3) is 0 Å². The standard InChI is InChI=1S/C3H8O2.4C3H4O2/c1-3(2,4)5;4*1-2-3(4)5/h4-5H,1-2H3;4*2H,1H2,(H,4,5). The molecular weight excluding hydrogens is 340 g/mol. The molecule has 0 radical (unpaired) electrons. The Hall–Kier alpha value is -3.24. The van der Waals surface area contributed by atoms with E-state index >= 15 is 0 Å². The van der Waals surface area contributed by atoms with Gasteiger partial charge in [0.15, 0.2) is 5.79 Å². The number of hydrogen-bond acceptors (Lipinski definition) is 6. The van der Waals surface area contributed by atoms with E-state index in [1.54, 1.807) is 0 Å². The Labute approximate surface area is 145 Å². The highest BCUT2D eigenvalue weighted by molar-refractivity contribution is 5.79. The highest BCUT2D eigenvalue weighted by Crippen LogP contribution is 1.88. The average Bonchev–Trinajstić information content (AvgIpc) is 2.47. The number of aliphatic hydroxyl groups is 2. The molecule has 0 saturated carbocycles. The third-order valence-corrected chi connectivity index (χ3v) is 0.698. The maximum Gasteiger partial charge on any atom is 0.327 e. The van der Waals surface area contributed by atoms with Gasteiger partial charge in [-0.1, -0.05) is 26.3 Å². The minimum Gasteiger partial charge on any atom is -0.478 e. The first-order valence-corrected chi connectivity index (χ1v) is 5.95. The van der Waals surface area contributed by atoms with Crippen LogP contribution in [0.2, 0.25) is 0 Å². The first kappa shape index (κ1) is 33.4. The fourth-order valence-electron chi connectivity index (χ4n) is 0. The van der Waals surface area contributed by atoms with Crippen molar-refractivity contribution in [3.05, 3.63) is 50.6 Å². The van der Waals surface area contributed by atoms with Gasteiger partial charge in [-0.2, -0.15) is 0 Å². The lowest BCUT2D eigenvalue weighted by atomic mass is 10.4. The number of hydrogen-bond donors (Lipinski definition) is 6. The molecule has 0 aliphatic heterocycles. The Bertz CT molecular complexity index is 366. The van der Waals surface area contributed by atoms with Crippen LogP contribution in [-0.2, 0) is 19.2 Å². The van der Waals surface area contributed by atoms with E-state index in [0.29, 0.717) is 0 Å². The largest absolute Gasteiger partial charge is 0.478 e. The minimum absolute atomic E-state index is 0.833. The molecule has 0 aliphatic rings. The first-order chi connectivity index (χ1) is 11.1. The van der Waals surface area contributed by atoms with E-state index in [1.807, 2.05) is 0 Å². The average molecular weight is 364 g/mol. The monoisotopic (exact) mass is 364 g/mol. The number of carbonyl (C=O) groups is 4. The van der Waals surface area contributed by atoms with Gasteiger partial charge in [0.05, 0.1) is 0 Å². The van der Waals surface area contributed by atoms with Crippen LogP contribution in [0.5, 0.6) is 0 Å². The summed E-state index contributed by atoms with van der Waals surface area (Å²) in [6.45, 7) is 14.4. The summed E-state index contributed by atoms with van der Waals surface area (Å²) in [5, 5.41) is 46.6. The van der Waals surface area contributed by atoms with Gasteiger partial charge in [0.2, 0.25) is 0 Å². The van der Waals surface area contributed by atoms with Crippen LogP contribution in [0.15, 0.2) is 50.6 Å². The van der Waals surface area contributed by atoms with E-state index in [-0.39, 0.29) is 0 Å². The number of rotatable bonds is 4. The molecule has 6 N–H and O–H groups in total. The molecule has 0 heterocycles. The van der Waals surface area contributed by atoms with Crippen LogP contribution in [0.3, 0.4) is 0 Å². The topological polar surface area (TPSA) is 190 Å². The van der Waals surface area contributed by atoms with Crippen molar-refractivity contribution in [2.24, 2.45) is 0 Å². The Morgan fingerprint density at radius 3 is 0.640 bits per heavy atom. The van der Waals surface area contributed by atoms with Crippen molar-refractivity contribution in [1.29, 1.82) is 0 Å². The predicted octanol–water partition coefficient (Wildman–Crippen LogP) is 0.735. The van der Waals surface area contributed by atoms with Crippen molar-refractivity contribution in [1.82, 2.24) is 0 Å². The summed E-state index contributed by atoms with van der Waals surface area (Å²) in [4.78, 5) is 37.0. The minimum atomic E-state index is -1.50. The van der Waals surface area contributed by atoms with E-state index in [1.165, 1.54) is 13.8 Å². The molecule has 0 aromatic heterocycles. The van der Waals surface area contributed by atoms with E-state index < -0.39 is 29.7 Å². The molecule has 0 amide bonds. The molecule has 0 aromatic carbocycles. The Kier molecular flexibility index (Phi) is 30.8. The summed E-state index contributed by atoms with van der Waals surface area (Å²) in [6.07, 6.45) is 3.33. The molecule has 144 valence electrons. The van der Waals surface area contributed by atoms with Crippen molar-refractivity contribution in [3.8, 4) is 0 Å². The summed E-state index contributed by atoms with van der Waals surface area (Å²) < 4.78 is 0. The highest BCUT2D eigenvalue weighted by atomic mass is 16.5. The zero-order chi connectivity index (χ0) is 21.6. The van der Waals surface area contributed by atoms with E-state index in [2.05, 4.69) is 26.3 Å². The molecule has 0 saturated heterocycles. The second-order valence-electron chi connectivity index (χ2n) is 3.66. The lowest BCUT2D eigenvalue weighted by molar-refractivity contribution is -0.132. The molecule has 0 rings (SSSR count). The van der Waals surface area contributed by atoms with E-state index in [0.717, 1.165) is 24.3 Å². The van der Waals surface area contributed by atoms with Crippen LogP contribution in [0, 0.1) is 0 Å². The highest BCUT2D eigenvalue weighted by Gasteiger charge is 2.00. The zero-order valence-corrected chi connectivity index (χ0v) is 14.0. The van der Waals surface area contributed by atoms with Gasteiger partial charge in [0.1, 0.15) is 0 Å². The Morgan fingerprint density at radius 2 is 0.640 bits per heavy atom. The lowest BCUT2D eigenvalue weighted by Gasteiger charge is -2.03. The smallest absolute Gasteiger partial charge is 0.327 e. The molecule has 0 aliphatic carbocycles. The Balaban J connectivity index is -0.0000000667. The molecule has 25 heavy (non-hydrogen) atoms. The normalized spacial score (nSPS) is 7.52. The fourth-order valence-corrected chi connectivity index (χ4v) is 0. The quantitative estimate of drug-likeness (QED) is 0.306. The number of aliphatic carboxylic acids is 4. The summed E-state index contributed by atoms with van der Waals surface area (Å²) in [6, 6.07) is 0. The van der Waals surface area contributed by atoms with Crippen molar-refractivity contribution in [2.75, 3.05) is 0 Å². The molecule has 0 spiro atoms. The lowest BCUT2D eigenvalue weighted by Crippen LogP contribution is -2.15. The molecule has 0 aromatic rings. The molecule has 0 fully saturated rings. The van der Waals surface area contributed by atoms with Gasteiger partial charge >= 0.3 is 23.9 Å². The summed E-state index contributed by atoms with van der Waals surface area (Å²) in [7, 11) is 0. The maximum atomic E-state index is 9.25. The number of carboxylic acids is 4. The Morgan fingerprint density at radius 1 is 0.600 bits per heavy atom. The van der Waals surface area contributed by atoms with Crippen LogP contribution in [0.25, 0.3) is 0 Å². The predicted molar refractivity (Wildman–Crippen MR) is 89.8 cm³/mol. The molecule has 0 unspecified atom stereocenters. The summed E-state index contributed by atoms with van der Waals surface area (Å²) >= 11 is 0. The third kappa shape index (κ3) is 322. The van der Waals surface area contributed by atoms with Gasteiger partial charge in [-0.05, 0) is 13.8 Å². The van der Waals surface area contributed by atoms with Gasteiger partial charge in [-0.3, -0.25) is 0 Å². The van der Waals surface area contributed by atoms with Crippen molar-refractivity contribution in [2.45, 2.75) is 19.6 Å². The van der Waals surface area contributed by atoms with E-state index in [9.17, 15) is 19.2 Å². The van der Waals surface area contributed by atoms with Crippen LogP contribution in [-0.4, -0.2) is 60.3 Å². The first-order valence-electron chi connectivity index (χ1n) is 5.95. The van der Waals surface area contributed by atoms with Gasteiger partial charge in [0, 0.05) is 24.3 Å². The molecule has 0 bridgehead atoms. The van der Waals surface area contributed by atoms with Crippen molar-refractivity contribution < 1.29 is 49.8 Å². The van der Waals surface area contributed by atoms with Gasteiger partial charge < -0.3 is 30.6 Å². The second kappa shape index (κ2) is 23.0. The third-order valence-electron chi connectivity index (χ3n) is 0.698. The van der Waals surface area contributed by atoms with Gasteiger partial charge in [-0.25, -0.2) is 19.2 Å². The van der Waals surface area contributed by atoms with E-state index in [4.69, 9.17) is 30.6 Å². The maximum absolute atomic E-state index is 9.25. The zero-order valence-electron chi connectivity index (χ0n) is 14.0. The summed E-state index contributed by atoms with van der Waals surface area (Å²) in [5.41, 5.74) is 0. The van der Waals surface area contributed by atoms with Crippen LogP contribution in [0.1, 0.15) is 13.8 Å². The van der Waals surface area contributed by atoms with Crippen LogP contribution >= 0.6 is 0 Å². The molecule has 10 heteroatoms. The van der Waals surface area contributed by atoms with Crippen molar-refractivity contribution >= 4 is 23.9 Å². The van der Waals surface area contributed by atoms with Crippen LogP contribution in [0.4, 0.5) is 0 Å². The molecular formula is C15H24O10. The molecule has 0 atom stereocenters.